The van der Waals surface area contributed by atoms with E-state index in [0.717, 1.165) is 0 Å². The molecule has 0 heterocycles. The molecule has 2 radical (unpaired) electrons. The van der Waals surface area contributed by atoms with E-state index in [-0.39, 0.29) is 0 Å². The zero-order valence-electron chi connectivity index (χ0n) is 6.12. The van der Waals surface area contributed by atoms with Gasteiger partial charge in [-0.2, -0.15) is 11.1 Å². The summed E-state index contributed by atoms with van der Waals surface area (Å²) < 4.78 is 0. The average Bonchev–Trinajstić information content (AvgIpc) is 1.89. The van der Waals surface area contributed by atoms with Gasteiger partial charge >= 0.3 is 0 Å². The third-order valence-electron chi connectivity index (χ3n) is 1.37. The predicted molar refractivity (Wildman–Crippen MR) is 45.2 cm³/mol. The second-order valence-corrected chi connectivity index (χ2v) is 3.87. The van der Waals surface area contributed by atoms with Crippen LogP contribution in [0, 0.1) is 0 Å². The standard InChI is InChI=1S/C7H15ClSi/c1-2-3-4-5-6-7-9-8/h2-7H2,1H3. The van der Waals surface area contributed by atoms with Crippen LogP contribution in [0.25, 0.3) is 0 Å². The Morgan fingerprint density at radius 1 is 1.11 bits per heavy atom. The summed E-state index contributed by atoms with van der Waals surface area (Å²) in [5, 5.41) is 0. The van der Waals surface area contributed by atoms with Crippen molar-refractivity contribution in [2.24, 2.45) is 0 Å². The fraction of sp³-hybridized carbons (Fsp3) is 1.00. The molecule has 0 spiro atoms. The zero-order chi connectivity index (χ0) is 6.95. The van der Waals surface area contributed by atoms with E-state index in [1.54, 1.807) is 0 Å². The Labute approximate surface area is 65.5 Å². The van der Waals surface area contributed by atoms with Gasteiger partial charge in [0.2, 0.25) is 0 Å². The third kappa shape index (κ3) is 8.51. The minimum Gasteiger partial charge on any atom is -0.171 e. The number of rotatable bonds is 6. The van der Waals surface area contributed by atoms with E-state index in [1.807, 2.05) is 0 Å². The number of hydrogen-bond donors (Lipinski definition) is 0. The number of hydrogen-bond acceptors (Lipinski definition) is 0. The third-order valence-corrected chi connectivity index (χ3v) is 2.48. The van der Waals surface area contributed by atoms with Crippen molar-refractivity contribution in [3.8, 4) is 0 Å². The molecule has 0 unspecified atom stereocenters. The van der Waals surface area contributed by atoms with Crippen molar-refractivity contribution >= 4 is 19.9 Å². The molecule has 54 valence electrons. The highest BCUT2D eigenvalue weighted by atomic mass is 35.6. The van der Waals surface area contributed by atoms with E-state index in [1.165, 1.54) is 38.1 Å². The van der Waals surface area contributed by atoms with Crippen LogP contribution in [-0.4, -0.2) is 8.83 Å². The molecule has 0 N–H and O–H groups in total. The van der Waals surface area contributed by atoms with Crippen LogP contribution < -0.4 is 0 Å². The highest BCUT2D eigenvalue weighted by molar-refractivity contribution is 6.93. The fourth-order valence-corrected chi connectivity index (χ4v) is 1.58. The van der Waals surface area contributed by atoms with E-state index in [0.29, 0.717) is 8.83 Å². The molecule has 0 rings (SSSR count). The second kappa shape index (κ2) is 8.51. The molecule has 0 saturated carbocycles. The van der Waals surface area contributed by atoms with Crippen molar-refractivity contribution in [3.63, 3.8) is 0 Å². The summed E-state index contributed by atoms with van der Waals surface area (Å²) in [6.45, 7) is 2.24. The maximum absolute atomic E-state index is 5.54. The van der Waals surface area contributed by atoms with Gasteiger partial charge in [-0.05, 0) is 6.04 Å². The molecule has 0 nitrogen and oxygen atoms in total. The minimum atomic E-state index is 0.642. The highest BCUT2D eigenvalue weighted by Crippen LogP contribution is 2.04. The zero-order valence-corrected chi connectivity index (χ0v) is 7.88. The van der Waals surface area contributed by atoms with Gasteiger partial charge in [0, 0.05) is 0 Å². The SMILES string of the molecule is CCCCCCC[Si]Cl. The van der Waals surface area contributed by atoms with Crippen molar-refractivity contribution in [2.75, 3.05) is 0 Å². The molecule has 0 saturated heterocycles. The lowest BCUT2D eigenvalue weighted by molar-refractivity contribution is 0.656. The normalized spacial score (nSPS) is 10.0. The molecule has 0 aromatic carbocycles. The van der Waals surface area contributed by atoms with E-state index in [2.05, 4.69) is 6.92 Å². The van der Waals surface area contributed by atoms with Gasteiger partial charge in [0.15, 0.2) is 8.83 Å². The van der Waals surface area contributed by atoms with Gasteiger partial charge in [-0.15, -0.1) is 0 Å². The molecule has 2 heteroatoms. The first kappa shape index (κ1) is 9.51. The lowest BCUT2D eigenvalue weighted by Crippen LogP contribution is -1.79. The highest BCUT2D eigenvalue weighted by Gasteiger charge is 1.87. The maximum atomic E-state index is 5.54. The molecular formula is C7H15ClSi. The Morgan fingerprint density at radius 3 is 2.33 bits per heavy atom. The monoisotopic (exact) mass is 162 g/mol. The van der Waals surface area contributed by atoms with E-state index in [9.17, 15) is 0 Å². The second-order valence-electron chi connectivity index (χ2n) is 2.30. The van der Waals surface area contributed by atoms with Gasteiger partial charge in [0.1, 0.15) is 0 Å². The number of halogens is 1. The van der Waals surface area contributed by atoms with E-state index < -0.39 is 0 Å². The van der Waals surface area contributed by atoms with Crippen LogP contribution in [0.3, 0.4) is 0 Å². The Bertz CT molecular complexity index is 42.2. The predicted octanol–water partition coefficient (Wildman–Crippen LogP) is 3.23. The van der Waals surface area contributed by atoms with Crippen LogP contribution in [-0.2, 0) is 0 Å². The van der Waals surface area contributed by atoms with Crippen LogP contribution in [0.1, 0.15) is 39.0 Å². The molecule has 0 aromatic rings. The summed E-state index contributed by atoms with van der Waals surface area (Å²) in [6.07, 6.45) is 6.85. The summed E-state index contributed by atoms with van der Waals surface area (Å²) >= 11 is 5.54. The fourth-order valence-electron chi connectivity index (χ4n) is 0.795. The first-order chi connectivity index (χ1) is 4.41. The largest absolute Gasteiger partial charge is 0.171 e. The van der Waals surface area contributed by atoms with Gasteiger partial charge < -0.3 is 0 Å². The Balaban J connectivity index is 2.60. The Kier molecular flexibility index (Phi) is 8.99. The first-order valence-electron chi connectivity index (χ1n) is 3.75. The van der Waals surface area contributed by atoms with Crippen molar-refractivity contribution in [1.82, 2.24) is 0 Å². The molecular weight excluding hydrogens is 148 g/mol. The molecule has 0 aliphatic heterocycles. The van der Waals surface area contributed by atoms with Gasteiger partial charge in [0.25, 0.3) is 0 Å². The smallest absolute Gasteiger partial charge is 0.171 e. The molecule has 0 atom stereocenters. The molecule has 0 fully saturated rings. The summed E-state index contributed by atoms with van der Waals surface area (Å²) in [6, 6.07) is 1.23. The summed E-state index contributed by atoms with van der Waals surface area (Å²) in [5.41, 5.74) is 0. The van der Waals surface area contributed by atoms with Crippen molar-refractivity contribution in [1.29, 1.82) is 0 Å². The topological polar surface area (TPSA) is 0 Å². The summed E-state index contributed by atoms with van der Waals surface area (Å²) in [5.74, 6) is 0. The van der Waals surface area contributed by atoms with Crippen LogP contribution in [0.15, 0.2) is 0 Å². The molecule has 0 aliphatic carbocycles. The first-order valence-corrected chi connectivity index (χ1v) is 5.97. The lowest BCUT2D eigenvalue weighted by Gasteiger charge is -1.94. The maximum Gasteiger partial charge on any atom is 0.171 e. The van der Waals surface area contributed by atoms with Gasteiger partial charge in [-0.25, -0.2) is 0 Å². The van der Waals surface area contributed by atoms with Crippen LogP contribution >= 0.6 is 11.1 Å². The van der Waals surface area contributed by atoms with Crippen LogP contribution in [0.5, 0.6) is 0 Å². The molecule has 9 heavy (non-hydrogen) atoms. The van der Waals surface area contributed by atoms with Crippen molar-refractivity contribution in [2.45, 2.75) is 45.1 Å². The summed E-state index contributed by atoms with van der Waals surface area (Å²) in [7, 11) is 0.642. The molecule has 0 bridgehead atoms. The minimum absolute atomic E-state index is 0.642. The van der Waals surface area contributed by atoms with E-state index in [4.69, 9.17) is 11.1 Å². The number of unbranched alkanes of at least 4 members (excludes halogenated alkanes) is 4. The molecule has 0 aromatic heterocycles. The van der Waals surface area contributed by atoms with Crippen LogP contribution in [0.4, 0.5) is 0 Å². The van der Waals surface area contributed by atoms with Gasteiger partial charge in [0.05, 0.1) is 0 Å². The van der Waals surface area contributed by atoms with E-state index >= 15 is 0 Å². The molecule has 0 aliphatic rings. The van der Waals surface area contributed by atoms with Crippen LogP contribution in [0.2, 0.25) is 6.04 Å². The molecule has 0 amide bonds. The Hall–Kier alpha value is 0.507. The quantitative estimate of drug-likeness (QED) is 0.320. The average molecular weight is 163 g/mol. The summed E-state index contributed by atoms with van der Waals surface area (Å²) in [4.78, 5) is 0. The van der Waals surface area contributed by atoms with Gasteiger partial charge in [-0.3, -0.25) is 0 Å². The van der Waals surface area contributed by atoms with Crippen molar-refractivity contribution in [3.05, 3.63) is 0 Å². The lowest BCUT2D eigenvalue weighted by atomic mass is 10.2. The van der Waals surface area contributed by atoms with Gasteiger partial charge in [-0.1, -0.05) is 39.0 Å². The van der Waals surface area contributed by atoms with Crippen molar-refractivity contribution < 1.29 is 0 Å². The Morgan fingerprint density at radius 2 is 1.78 bits per heavy atom.